The van der Waals surface area contributed by atoms with Crippen molar-refractivity contribution in [1.29, 1.82) is 0 Å². The number of nitrogens with zero attached hydrogens (tertiary/aromatic N) is 1. The van der Waals surface area contributed by atoms with E-state index in [1.54, 1.807) is 0 Å². The van der Waals surface area contributed by atoms with Crippen LogP contribution in [0.4, 0.5) is 14.6 Å². The summed E-state index contributed by atoms with van der Waals surface area (Å²) < 4.78 is 51.9. The van der Waals surface area contributed by atoms with Gasteiger partial charge in [0, 0.05) is 16.7 Å². The Balaban J connectivity index is 3.60. The van der Waals surface area contributed by atoms with Crippen LogP contribution in [0.25, 0.3) is 0 Å². The maximum absolute atomic E-state index is 12.6. The van der Waals surface area contributed by atoms with Gasteiger partial charge in [-0.05, 0) is 0 Å². The van der Waals surface area contributed by atoms with Crippen LogP contribution in [0.3, 0.4) is 0 Å². The van der Waals surface area contributed by atoms with Gasteiger partial charge < -0.3 is 10.5 Å². The number of alkyl halides is 2. The summed E-state index contributed by atoms with van der Waals surface area (Å²) in [5.41, 5.74) is 4.28. The van der Waals surface area contributed by atoms with Crippen LogP contribution in [0.1, 0.15) is 12.0 Å². The number of nitrogens with two attached hydrogens (primary N) is 1. The van der Waals surface area contributed by atoms with Crippen molar-refractivity contribution >= 4 is 25.6 Å². The van der Waals surface area contributed by atoms with Crippen molar-refractivity contribution in [2.24, 2.45) is 0 Å². The zero-order valence-corrected chi connectivity index (χ0v) is 9.52. The van der Waals surface area contributed by atoms with Crippen LogP contribution in [-0.2, 0) is 9.05 Å². The third kappa shape index (κ3) is 2.50. The Labute approximate surface area is 94.6 Å². The fraction of sp³-hybridized carbons (Fsp3) is 0.286. The Morgan fingerprint density at radius 2 is 2.12 bits per heavy atom. The van der Waals surface area contributed by atoms with E-state index in [0.717, 1.165) is 6.07 Å². The normalized spacial score (nSPS) is 11.8. The molecule has 1 rings (SSSR count). The maximum Gasteiger partial charge on any atom is 0.268 e. The van der Waals surface area contributed by atoms with Crippen molar-refractivity contribution in [2.45, 2.75) is 11.3 Å². The van der Waals surface area contributed by atoms with Gasteiger partial charge in [-0.15, -0.1) is 0 Å². The standard InChI is InChI=1S/C7H7ClF2N2O3S/c1-15-4-2-3(16(8,13)14)5(6(9)10)7(11)12-4/h2,6H,1H3,(H2,11,12). The van der Waals surface area contributed by atoms with E-state index in [-0.39, 0.29) is 5.88 Å². The lowest BCUT2D eigenvalue weighted by molar-refractivity contribution is 0.148. The number of nitrogen functional groups attached to an aromatic ring is 1. The molecule has 0 aromatic carbocycles. The van der Waals surface area contributed by atoms with Crippen molar-refractivity contribution in [3.05, 3.63) is 11.6 Å². The molecule has 0 unspecified atom stereocenters. The first-order chi connectivity index (χ1) is 7.27. The van der Waals surface area contributed by atoms with Gasteiger partial charge in [0.2, 0.25) is 5.88 Å². The predicted molar refractivity (Wildman–Crippen MR) is 53.2 cm³/mol. The van der Waals surface area contributed by atoms with Crippen LogP contribution in [-0.4, -0.2) is 20.5 Å². The first-order valence-electron chi connectivity index (χ1n) is 3.84. The average molecular weight is 273 g/mol. The van der Waals surface area contributed by atoms with E-state index in [1.165, 1.54) is 7.11 Å². The SMILES string of the molecule is COc1cc(S(=O)(=O)Cl)c(C(F)F)c(N)n1. The number of hydrogen-bond acceptors (Lipinski definition) is 5. The van der Waals surface area contributed by atoms with Crippen LogP contribution < -0.4 is 10.5 Å². The third-order valence-corrected chi connectivity index (χ3v) is 3.08. The molecule has 0 aliphatic rings. The van der Waals surface area contributed by atoms with Crippen molar-refractivity contribution in [1.82, 2.24) is 4.98 Å². The Bertz CT molecular complexity index is 507. The first-order valence-corrected chi connectivity index (χ1v) is 6.15. The molecule has 0 saturated heterocycles. The van der Waals surface area contributed by atoms with Gasteiger partial charge in [0.1, 0.15) is 10.7 Å². The molecule has 0 bridgehead atoms. The van der Waals surface area contributed by atoms with Crippen LogP contribution in [0, 0.1) is 0 Å². The molecule has 0 amide bonds. The summed E-state index contributed by atoms with van der Waals surface area (Å²) in [6, 6.07) is 0.792. The molecule has 9 heteroatoms. The minimum Gasteiger partial charge on any atom is -0.481 e. The molecule has 1 heterocycles. The van der Waals surface area contributed by atoms with Gasteiger partial charge in [-0.2, -0.15) is 4.98 Å². The number of pyridine rings is 1. The lowest BCUT2D eigenvalue weighted by Gasteiger charge is -2.10. The largest absolute Gasteiger partial charge is 0.481 e. The Hall–Kier alpha value is -1.15. The quantitative estimate of drug-likeness (QED) is 0.844. The molecule has 0 fully saturated rings. The highest BCUT2D eigenvalue weighted by atomic mass is 35.7. The van der Waals surface area contributed by atoms with E-state index in [0.29, 0.717) is 0 Å². The van der Waals surface area contributed by atoms with E-state index in [9.17, 15) is 17.2 Å². The predicted octanol–water partition coefficient (Wildman–Crippen LogP) is 1.54. The van der Waals surface area contributed by atoms with E-state index < -0.39 is 31.8 Å². The molecule has 2 N–H and O–H groups in total. The Kier molecular flexibility index (Phi) is 3.54. The summed E-state index contributed by atoms with van der Waals surface area (Å²) in [5.74, 6) is -0.838. The average Bonchev–Trinajstić information content (AvgIpc) is 2.14. The molecule has 16 heavy (non-hydrogen) atoms. The molecule has 0 saturated carbocycles. The van der Waals surface area contributed by atoms with Gasteiger partial charge in [-0.3, -0.25) is 0 Å². The summed E-state index contributed by atoms with van der Waals surface area (Å²) in [6.07, 6.45) is -3.10. The zero-order chi connectivity index (χ0) is 12.5. The highest BCUT2D eigenvalue weighted by Crippen LogP contribution is 2.34. The van der Waals surface area contributed by atoms with Crippen LogP contribution in [0.15, 0.2) is 11.0 Å². The highest BCUT2D eigenvalue weighted by molar-refractivity contribution is 8.13. The maximum atomic E-state index is 12.6. The summed E-state index contributed by atoms with van der Waals surface area (Å²) >= 11 is 0. The fourth-order valence-corrected chi connectivity index (χ4v) is 2.13. The topological polar surface area (TPSA) is 82.3 Å². The van der Waals surface area contributed by atoms with E-state index in [1.807, 2.05) is 0 Å². The molecule has 5 nitrogen and oxygen atoms in total. The van der Waals surface area contributed by atoms with Crippen LogP contribution >= 0.6 is 10.7 Å². The molecule has 1 aromatic rings. The Morgan fingerprint density at radius 1 is 1.56 bits per heavy atom. The minimum absolute atomic E-state index is 0.207. The molecular weight excluding hydrogens is 266 g/mol. The van der Waals surface area contributed by atoms with Gasteiger partial charge in [-0.1, -0.05) is 0 Å². The number of anilines is 1. The van der Waals surface area contributed by atoms with Crippen LogP contribution in [0.2, 0.25) is 0 Å². The van der Waals surface area contributed by atoms with Crippen molar-refractivity contribution in [3.8, 4) is 5.88 Å². The zero-order valence-electron chi connectivity index (χ0n) is 7.95. The van der Waals surface area contributed by atoms with Crippen molar-refractivity contribution < 1.29 is 21.9 Å². The molecule has 0 aliphatic carbocycles. The molecule has 0 spiro atoms. The summed E-state index contributed by atoms with van der Waals surface area (Å²) in [7, 11) is 1.86. The number of aromatic nitrogens is 1. The monoisotopic (exact) mass is 272 g/mol. The molecule has 0 atom stereocenters. The van der Waals surface area contributed by atoms with Crippen molar-refractivity contribution in [3.63, 3.8) is 0 Å². The van der Waals surface area contributed by atoms with Gasteiger partial charge in [0.15, 0.2) is 0 Å². The number of hydrogen-bond donors (Lipinski definition) is 1. The second-order valence-electron chi connectivity index (χ2n) is 2.70. The molecule has 1 aromatic heterocycles. The van der Waals surface area contributed by atoms with Gasteiger partial charge in [0.05, 0.1) is 12.7 Å². The van der Waals surface area contributed by atoms with E-state index in [2.05, 4.69) is 9.72 Å². The summed E-state index contributed by atoms with van der Waals surface area (Å²) in [4.78, 5) is 2.64. The highest BCUT2D eigenvalue weighted by Gasteiger charge is 2.26. The first kappa shape index (κ1) is 12.9. The van der Waals surface area contributed by atoms with Crippen molar-refractivity contribution in [2.75, 3.05) is 12.8 Å². The Morgan fingerprint density at radius 3 is 2.50 bits per heavy atom. The molecule has 0 radical (unpaired) electrons. The summed E-state index contributed by atoms with van der Waals surface area (Å²) in [5, 5.41) is 0. The second kappa shape index (κ2) is 4.38. The smallest absolute Gasteiger partial charge is 0.268 e. The lowest BCUT2D eigenvalue weighted by atomic mass is 10.2. The fourth-order valence-electron chi connectivity index (χ4n) is 1.05. The van der Waals surface area contributed by atoms with Gasteiger partial charge in [0.25, 0.3) is 15.5 Å². The van der Waals surface area contributed by atoms with Gasteiger partial charge >= 0.3 is 0 Å². The summed E-state index contributed by atoms with van der Waals surface area (Å²) in [6.45, 7) is 0. The second-order valence-corrected chi connectivity index (χ2v) is 5.23. The molecule has 90 valence electrons. The lowest BCUT2D eigenvalue weighted by Crippen LogP contribution is -2.07. The van der Waals surface area contributed by atoms with E-state index >= 15 is 0 Å². The molecule has 0 aliphatic heterocycles. The third-order valence-electron chi connectivity index (χ3n) is 1.72. The van der Waals surface area contributed by atoms with Gasteiger partial charge in [-0.25, -0.2) is 17.2 Å². The number of ether oxygens (including phenoxy) is 1. The minimum atomic E-state index is -4.34. The van der Waals surface area contributed by atoms with Crippen LogP contribution in [0.5, 0.6) is 5.88 Å². The van der Waals surface area contributed by atoms with E-state index in [4.69, 9.17) is 16.4 Å². The number of halogens is 3. The number of rotatable bonds is 3. The number of methoxy groups -OCH3 is 1. The molecular formula is C7H7ClF2N2O3S.